The van der Waals surface area contributed by atoms with Crippen LogP contribution < -0.4 is 5.32 Å². The van der Waals surface area contributed by atoms with Crippen molar-refractivity contribution >= 4 is 23.4 Å². The van der Waals surface area contributed by atoms with E-state index in [0.29, 0.717) is 16.6 Å². The van der Waals surface area contributed by atoms with Gasteiger partial charge in [-0.2, -0.15) is 0 Å². The van der Waals surface area contributed by atoms with Crippen molar-refractivity contribution in [2.75, 3.05) is 5.32 Å². The van der Waals surface area contributed by atoms with Gasteiger partial charge in [-0.05, 0) is 67.6 Å². The molecule has 6 heteroatoms. The van der Waals surface area contributed by atoms with Crippen LogP contribution in [-0.4, -0.2) is 15.9 Å². The van der Waals surface area contributed by atoms with E-state index in [1.54, 1.807) is 6.07 Å². The molecule has 0 aliphatic heterocycles. The number of benzene rings is 2. The van der Waals surface area contributed by atoms with Crippen molar-refractivity contribution in [2.24, 2.45) is 0 Å². The summed E-state index contributed by atoms with van der Waals surface area (Å²) < 4.78 is 5.45. The fraction of sp³-hybridized carbons (Fsp3) is 0.0870. The Hall–Kier alpha value is -3.38. The van der Waals surface area contributed by atoms with E-state index in [1.165, 1.54) is 18.0 Å². The summed E-state index contributed by atoms with van der Waals surface area (Å²) in [5, 5.41) is 3.60. The zero-order valence-corrected chi connectivity index (χ0v) is 16.9. The van der Waals surface area contributed by atoms with Crippen molar-refractivity contribution in [3.63, 3.8) is 0 Å². The van der Waals surface area contributed by atoms with Crippen LogP contribution in [0.15, 0.2) is 87.5 Å². The highest BCUT2D eigenvalue weighted by molar-refractivity contribution is 7.99. The van der Waals surface area contributed by atoms with Gasteiger partial charge in [-0.15, -0.1) is 0 Å². The predicted molar refractivity (Wildman–Crippen MR) is 114 cm³/mol. The molecule has 2 aromatic carbocycles. The number of aryl methyl sites for hydroxylation is 2. The van der Waals surface area contributed by atoms with E-state index in [4.69, 9.17) is 4.42 Å². The van der Waals surface area contributed by atoms with E-state index in [0.717, 1.165) is 27.4 Å². The number of carbonyl (C=O) groups excluding carboxylic acids is 1. The third-order valence-electron chi connectivity index (χ3n) is 4.24. The molecule has 1 amide bonds. The maximum absolute atomic E-state index is 12.7. The van der Waals surface area contributed by atoms with Crippen LogP contribution in [0.2, 0.25) is 0 Å². The van der Waals surface area contributed by atoms with Crippen LogP contribution in [0, 0.1) is 13.8 Å². The van der Waals surface area contributed by atoms with Gasteiger partial charge in [0.05, 0.1) is 6.26 Å². The van der Waals surface area contributed by atoms with Crippen molar-refractivity contribution in [1.82, 2.24) is 9.97 Å². The Morgan fingerprint density at radius 3 is 2.31 bits per heavy atom. The third kappa shape index (κ3) is 4.55. The summed E-state index contributed by atoms with van der Waals surface area (Å²) in [6.07, 6.45) is 1.53. The van der Waals surface area contributed by atoms with Gasteiger partial charge < -0.3 is 9.73 Å². The van der Waals surface area contributed by atoms with Crippen molar-refractivity contribution < 1.29 is 9.21 Å². The zero-order chi connectivity index (χ0) is 20.2. The summed E-state index contributed by atoms with van der Waals surface area (Å²) in [7, 11) is 0. The van der Waals surface area contributed by atoms with Gasteiger partial charge in [0.15, 0.2) is 10.9 Å². The Bertz CT molecular complexity index is 1120. The number of rotatable bonds is 5. The van der Waals surface area contributed by atoms with Crippen LogP contribution in [0.3, 0.4) is 0 Å². The van der Waals surface area contributed by atoms with E-state index in [2.05, 4.69) is 15.3 Å². The van der Waals surface area contributed by atoms with Crippen molar-refractivity contribution in [2.45, 2.75) is 23.9 Å². The van der Waals surface area contributed by atoms with E-state index >= 15 is 0 Å². The topological polar surface area (TPSA) is 68.0 Å². The fourth-order valence-electron chi connectivity index (χ4n) is 2.97. The number of nitrogens with zero attached hydrogens (tertiary/aromatic N) is 2. The maximum atomic E-state index is 12.7. The highest BCUT2D eigenvalue weighted by Crippen LogP contribution is 2.28. The van der Waals surface area contributed by atoms with Gasteiger partial charge >= 0.3 is 0 Å². The number of carbonyl (C=O) groups is 1. The lowest BCUT2D eigenvalue weighted by Gasteiger charge is -2.07. The standard InChI is InChI=1S/C23H19N3O2S/c1-15-14-16(2)25-23(24-15)29-19-10-8-18(9-11-19)26-22(27)21-20(12-13-28-21)17-6-4-3-5-7-17/h3-14H,1-2H3,(H,26,27). The molecule has 144 valence electrons. The van der Waals surface area contributed by atoms with Gasteiger partial charge in [0.1, 0.15) is 0 Å². The van der Waals surface area contributed by atoms with Crippen LogP contribution in [0.5, 0.6) is 0 Å². The van der Waals surface area contributed by atoms with Gasteiger partial charge in [-0.3, -0.25) is 4.79 Å². The lowest BCUT2D eigenvalue weighted by molar-refractivity contribution is 0.0997. The maximum Gasteiger partial charge on any atom is 0.292 e. The van der Waals surface area contributed by atoms with E-state index < -0.39 is 0 Å². The molecule has 0 spiro atoms. The lowest BCUT2D eigenvalue weighted by Crippen LogP contribution is -2.11. The van der Waals surface area contributed by atoms with E-state index in [-0.39, 0.29) is 5.91 Å². The van der Waals surface area contributed by atoms with Gasteiger partial charge in [0.25, 0.3) is 5.91 Å². The number of furan rings is 1. The number of aromatic nitrogens is 2. The molecule has 5 nitrogen and oxygen atoms in total. The number of nitrogens with one attached hydrogen (secondary N) is 1. The van der Waals surface area contributed by atoms with Crippen LogP contribution in [-0.2, 0) is 0 Å². The first kappa shape index (κ1) is 19.0. The molecule has 4 aromatic rings. The molecule has 0 unspecified atom stereocenters. The molecule has 0 atom stereocenters. The molecule has 0 aliphatic rings. The molecule has 0 saturated carbocycles. The summed E-state index contributed by atoms with van der Waals surface area (Å²) in [5.74, 6) is 0.00480. The van der Waals surface area contributed by atoms with Crippen molar-refractivity contribution in [3.05, 3.63) is 90.1 Å². The van der Waals surface area contributed by atoms with Crippen LogP contribution in [0.25, 0.3) is 11.1 Å². The zero-order valence-electron chi connectivity index (χ0n) is 16.0. The second-order valence-corrected chi connectivity index (χ2v) is 7.58. The number of hydrogen-bond donors (Lipinski definition) is 1. The largest absolute Gasteiger partial charge is 0.459 e. The predicted octanol–water partition coefficient (Wildman–Crippen LogP) is 5.76. The summed E-state index contributed by atoms with van der Waals surface area (Å²) in [6.45, 7) is 3.91. The molecule has 0 radical (unpaired) electrons. The number of hydrogen-bond acceptors (Lipinski definition) is 5. The smallest absolute Gasteiger partial charge is 0.292 e. The third-order valence-corrected chi connectivity index (χ3v) is 5.11. The normalized spacial score (nSPS) is 10.7. The molecule has 0 fully saturated rings. The minimum Gasteiger partial charge on any atom is -0.459 e. The van der Waals surface area contributed by atoms with Gasteiger partial charge in [-0.25, -0.2) is 9.97 Å². The molecule has 2 heterocycles. The van der Waals surface area contributed by atoms with Crippen LogP contribution in [0.4, 0.5) is 5.69 Å². The lowest BCUT2D eigenvalue weighted by atomic mass is 10.1. The molecular weight excluding hydrogens is 382 g/mol. The SMILES string of the molecule is Cc1cc(C)nc(Sc2ccc(NC(=O)c3occc3-c3ccccc3)cc2)n1. The Kier molecular flexibility index (Phi) is 5.44. The second kappa shape index (κ2) is 8.32. The molecule has 29 heavy (non-hydrogen) atoms. The average Bonchev–Trinajstić information content (AvgIpc) is 3.19. The highest BCUT2D eigenvalue weighted by atomic mass is 32.2. The average molecular weight is 401 g/mol. The first-order valence-electron chi connectivity index (χ1n) is 9.13. The Labute approximate surface area is 173 Å². The van der Waals surface area contributed by atoms with Crippen molar-refractivity contribution in [3.8, 4) is 11.1 Å². The van der Waals surface area contributed by atoms with Crippen LogP contribution >= 0.6 is 11.8 Å². The molecule has 0 bridgehead atoms. The highest BCUT2D eigenvalue weighted by Gasteiger charge is 2.17. The quantitative estimate of drug-likeness (QED) is 0.431. The first-order valence-corrected chi connectivity index (χ1v) is 9.94. The molecular formula is C23H19N3O2S. The molecule has 0 aliphatic carbocycles. The summed E-state index contributed by atoms with van der Waals surface area (Å²) in [4.78, 5) is 22.6. The monoisotopic (exact) mass is 401 g/mol. The first-order chi connectivity index (χ1) is 14.1. The Morgan fingerprint density at radius 2 is 1.62 bits per heavy atom. The minimum absolute atomic E-state index is 0.285. The summed E-state index contributed by atoms with van der Waals surface area (Å²) >= 11 is 1.49. The van der Waals surface area contributed by atoms with Gasteiger partial charge in [0, 0.05) is 27.5 Å². The Balaban J connectivity index is 1.47. The summed E-state index contributed by atoms with van der Waals surface area (Å²) in [6, 6.07) is 21.0. The minimum atomic E-state index is -0.285. The molecule has 2 aromatic heterocycles. The second-order valence-electron chi connectivity index (χ2n) is 6.54. The van der Waals surface area contributed by atoms with Gasteiger partial charge in [-0.1, -0.05) is 30.3 Å². The Morgan fingerprint density at radius 1 is 0.931 bits per heavy atom. The molecule has 1 N–H and O–H groups in total. The van der Waals surface area contributed by atoms with Crippen LogP contribution in [0.1, 0.15) is 21.9 Å². The molecule has 0 saturated heterocycles. The van der Waals surface area contributed by atoms with E-state index in [1.807, 2.05) is 74.5 Å². The van der Waals surface area contributed by atoms with E-state index in [9.17, 15) is 4.79 Å². The summed E-state index contributed by atoms with van der Waals surface area (Å²) in [5.41, 5.74) is 4.28. The van der Waals surface area contributed by atoms with Gasteiger partial charge in [0.2, 0.25) is 0 Å². The van der Waals surface area contributed by atoms with Crippen molar-refractivity contribution in [1.29, 1.82) is 0 Å². The number of amides is 1. The molecule has 4 rings (SSSR count). The fourth-order valence-corrected chi connectivity index (χ4v) is 3.83. The number of anilines is 1.